The van der Waals surface area contributed by atoms with Gasteiger partial charge in [-0.15, -0.1) is 0 Å². The Kier molecular flexibility index (Phi) is 4.93. The van der Waals surface area contributed by atoms with Crippen LogP contribution in [-0.2, 0) is 4.74 Å². The first kappa shape index (κ1) is 17.8. The van der Waals surface area contributed by atoms with Crippen LogP contribution in [0.1, 0.15) is 29.6 Å². The van der Waals surface area contributed by atoms with Crippen molar-refractivity contribution in [2.75, 3.05) is 53.6 Å². The van der Waals surface area contributed by atoms with Crippen LogP contribution in [-0.4, -0.2) is 69.3 Å². The molecule has 1 spiro atoms. The molecule has 0 radical (unpaired) electrons. The molecule has 5 heteroatoms. The minimum Gasteiger partial charge on any atom is -0.497 e. The Balaban J connectivity index is 1.47. The first-order valence-corrected chi connectivity index (χ1v) is 9.78. The molecule has 3 aliphatic rings. The molecule has 0 bridgehead atoms. The number of benzene rings is 1. The quantitative estimate of drug-likeness (QED) is 0.784. The van der Waals surface area contributed by atoms with Crippen LogP contribution in [0.25, 0.3) is 0 Å². The average molecular weight is 358 g/mol. The number of methoxy groups -OCH3 is 2. The molecule has 2 heterocycles. The van der Waals surface area contributed by atoms with Gasteiger partial charge in [0.2, 0.25) is 0 Å². The van der Waals surface area contributed by atoms with Crippen LogP contribution in [0.2, 0.25) is 0 Å². The molecule has 1 aromatic carbocycles. The van der Waals surface area contributed by atoms with E-state index in [0.29, 0.717) is 5.92 Å². The highest BCUT2D eigenvalue weighted by Crippen LogP contribution is 2.45. The number of hydrogen-bond acceptors (Lipinski definition) is 4. The largest absolute Gasteiger partial charge is 0.497 e. The number of nitrogens with zero attached hydrogens (tertiary/aromatic N) is 2. The van der Waals surface area contributed by atoms with Crippen LogP contribution in [0.5, 0.6) is 5.75 Å². The standard InChI is InChI=1S/C21H30N2O3/c1-25-13-18-12-22(11-16-6-7-16)14-21(18)8-9-23(15-21)20(24)17-4-3-5-19(10-17)26-2/h3-5,10,16,18H,6-9,11-15H2,1-2H3/t18-,21+/m0/s1. The summed E-state index contributed by atoms with van der Waals surface area (Å²) in [6.45, 7) is 5.94. The molecule has 2 atom stereocenters. The Bertz CT molecular complexity index is 660. The first-order valence-electron chi connectivity index (χ1n) is 9.78. The van der Waals surface area contributed by atoms with E-state index in [1.165, 1.54) is 19.4 Å². The summed E-state index contributed by atoms with van der Waals surface area (Å²) in [6, 6.07) is 7.49. The molecule has 0 N–H and O–H groups in total. The topological polar surface area (TPSA) is 42.0 Å². The van der Waals surface area contributed by atoms with E-state index in [1.54, 1.807) is 14.2 Å². The summed E-state index contributed by atoms with van der Waals surface area (Å²) in [7, 11) is 3.43. The maximum Gasteiger partial charge on any atom is 0.254 e. The Morgan fingerprint density at radius 3 is 2.85 bits per heavy atom. The van der Waals surface area contributed by atoms with Crippen molar-refractivity contribution >= 4 is 5.91 Å². The second-order valence-electron chi connectivity index (χ2n) is 8.36. The van der Waals surface area contributed by atoms with Crippen LogP contribution in [0.15, 0.2) is 24.3 Å². The molecule has 2 aliphatic heterocycles. The van der Waals surface area contributed by atoms with Crippen LogP contribution < -0.4 is 4.74 Å². The molecule has 1 amide bonds. The minimum atomic E-state index is 0.123. The average Bonchev–Trinajstić information content (AvgIpc) is 3.27. The molecule has 4 rings (SSSR count). The van der Waals surface area contributed by atoms with Crippen LogP contribution in [0.3, 0.4) is 0 Å². The normalized spacial score (nSPS) is 28.8. The summed E-state index contributed by atoms with van der Waals surface area (Å²) < 4.78 is 10.8. The molecule has 2 saturated heterocycles. The van der Waals surface area contributed by atoms with Gasteiger partial charge in [0.25, 0.3) is 5.91 Å². The lowest BCUT2D eigenvalue weighted by Gasteiger charge is -2.30. The molecule has 142 valence electrons. The number of hydrogen-bond donors (Lipinski definition) is 0. The highest BCUT2D eigenvalue weighted by Gasteiger charge is 2.51. The lowest BCUT2D eigenvalue weighted by molar-refractivity contribution is 0.0715. The fourth-order valence-electron chi connectivity index (χ4n) is 4.85. The van der Waals surface area contributed by atoms with Crippen molar-refractivity contribution in [3.63, 3.8) is 0 Å². The molecular formula is C21H30N2O3. The fourth-order valence-corrected chi connectivity index (χ4v) is 4.85. The molecule has 5 nitrogen and oxygen atoms in total. The van der Waals surface area contributed by atoms with Crippen molar-refractivity contribution < 1.29 is 14.3 Å². The third-order valence-corrected chi connectivity index (χ3v) is 6.45. The maximum atomic E-state index is 13.0. The van der Waals surface area contributed by atoms with E-state index in [1.807, 2.05) is 29.2 Å². The van der Waals surface area contributed by atoms with Gasteiger partial charge in [-0.05, 0) is 43.4 Å². The number of ether oxygens (including phenoxy) is 2. The van der Waals surface area contributed by atoms with Gasteiger partial charge in [0.05, 0.1) is 13.7 Å². The molecule has 0 aromatic heterocycles. The number of rotatable bonds is 6. The lowest BCUT2D eigenvalue weighted by Crippen LogP contribution is -2.38. The van der Waals surface area contributed by atoms with Gasteiger partial charge in [0, 0.05) is 56.7 Å². The Morgan fingerprint density at radius 1 is 1.27 bits per heavy atom. The molecule has 3 fully saturated rings. The smallest absolute Gasteiger partial charge is 0.254 e. The molecule has 1 aromatic rings. The lowest BCUT2D eigenvalue weighted by atomic mass is 9.77. The zero-order valence-electron chi connectivity index (χ0n) is 15.9. The second kappa shape index (κ2) is 7.20. The van der Waals surface area contributed by atoms with Crippen LogP contribution in [0, 0.1) is 17.3 Å². The molecule has 0 unspecified atom stereocenters. The van der Waals surface area contributed by atoms with Gasteiger partial charge in [0.1, 0.15) is 5.75 Å². The number of amides is 1. The van der Waals surface area contributed by atoms with Crippen molar-refractivity contribution in [1.29, 1.82) is 0 Å². The Labute approximate surface area is 156 Å². The zero-order chi connectivity index (χ0) is 18.1. The van der Waals surface area contributed by atoms with E-state index in [9.17, 15) is 4.79 Å². The Morgan fingerprint density at radius 2 is 2.12 bits per heavy atom. The predicted octanol–water partition coefficient (Wildman–Crippen LogP) is 2.52. The summed E-state index contributed by atoms with van der Waals surface area (Å²) in [5.74, 6) is 2.29. The highest BCUT2D eigenvalue weighted by molar-refractivity contribution is 5.94. The summed E-state index contributed by atoms with van der Waals surface area (Å²) >= 11 is 0. The van der Waals surface area contributed by atoms with Crippen molar-refractivity contribution in [2.45, 2.75) is 19.3 Å². The van der Waals surface area contributed by atoms with Gasteiger partial charge in [-0.1, -0.05) is 6.07 Å². The SMILES string of the molecule is COC[C@@H]1CN(CC2CC2)C[C@@]12CCN(C(=O)c1cccc(OC)c1)C2. The summed E-state index contributed by atoms with van der Waals surface area (Å²) in [6.07, 6.45) is 3.86. The van der Waals surface area contributed by atoms with E-state index in [-0.39, 0.29) is 11.3 Å². The second-order valence-corrected chi connectivity index (χ2v) is 8.36. The molecule has 1 saturated carbocycles. The fraction of sp³-hybridized carbons (Fsp3) is 0.667. The van der Waals surface area contributed by atoms with E-state index >= 15 is 0 Å². The Hall–Kier alpha value is -1.59. The predicted molar refractivity (Wildman–Crippen MR) is 100 cm³/mol. The van der Waals surface area contributed by atoms with E-state index in [2.05, 4.69) is 4.90 Å². The van der Waals surface area contributed by atoms with Gasteiger partial charge in [-0.25, -0.2) is 0 Å². The van der Waals surface area contributed by atoms with E-state index < -0.39 is 0 Å². The third-order valence-electron chi connectivity index (χ3n) is 6.45. The van der Waals surface area contributed by atoms with E-state index in [0.717, 1.165) is 56.4 Å². The first-order chi connectivity index (χ1) is 12.6. The van der Waals surface area contributed by atoms with Gasteiger partial charge in [0.15, 0.2) is 0 Å². The van der Waals surface area contributed by atoms with Gasteiger partial charge in [-0.2, -0.15) is 0 Å². The molecule has 1 aliphatic carbocycles. The van der Waals surface area contributed by atoms with Crippen LogP contribution >= 0.6 is 0 Å². The summed E-state index contributed by atoms with van der Waals surface area (Å²) in [4.78, 5) is 17.7. The highest BCUT2D eigenvalue weighted by atomic mass is 16.5. The van der Waals surface area contributed by atoms with Crippen molar-refractivity contribution in [3.8, 4) is 5.75 Å². The monoisotopic (exact) mass is 358 g/mol. The third kappa shape index (κ3) is 3.47. The molecular weight excluding hydrogens is 328 g/mol. The number of likely N-dealkylation sites (tertiary alicyclic amines) is 2. The van der Waals surface area contributed by atoms with E-state index in [4.69, 9.17) is 9.47 Å². The van der Waals surface area contributed by atoms with Crippen molar-refractivity contribution in [2.24, 2.45) is 17.3 Å². The van der Waals surface area contributed by atoms with Crippen molar-refractivity contribution in [1.82, 2.24) is 9.80 Å². The van der Waals surface area contributed by atoms with Gasteiger partial charge >= 0.3 is 0 Å². The summed E-state index contributed by atoms with van der Waals surface area (Å²) in [5, 5.41) is 0. The van der Waals surface area contributed by atoms with Crippen LogP contribution in [0.4, 0.5) is 0 Å². The van der Waals surface area contributed by atoms with Gasteiger partial charge < -0.3 is 19.3 Å². The number of carbonyl (C=O) groups excluding carboxylic acids is 1. The van der Waals surface area contributed by atoms with Crippen molar-refractivity contribution in [3.05, 3.63) is 29.8 Å². The maximum absolute atomic E-state index is 13.0. The molecule has 26 heavy (non-hydrogen) atoms. The number of carbonyl (C=O) groups is 1. The summed E-state index contributed by atoms with van der Waals surface area (Å²) in [5.41, 5.74) is 0.914. The zero-order valence-corrected chi connectivity index (χ0v) is 15.9. The van der Waals surface area contributed by atoms with Gasteiger partial charge in [-0.3, -0.25) is 4.79 Å². The minimum absolute atomic E-state index is 0.123.